The zero-order chi connectivity index (χ0) is 21.8. The summed E-state index contributed by atoms with van der Waals surface area (Å²) < 4.78 is 20.9. The number of hydrogen-bond donors (Lipinski definition) is 0. The SMILES string of the molecule is Cc1ccnn1-c1ccc(C(=O)OCC(=O)N2CCN(c3ccccc3F)CC2)cc1. The van der Waals surface area contributed by atoms with E-state index in [0.29, 0.717) is 37.4 Å². The van der Waals surface area contributed by atoms with Crippen LogP contribution >= 0.6 is 0 Å². The van der Waals surface area contributed by atoms with Crippen molar-refractivity contribution in [3.05, 3.63) is 77.9 Å². The van der Waals surface area contributed by atoms with Crippen molar-refractivity contribution in [1.29, 1.82) is 0 Å². The Morgan fingerprint density at radius 3 is 2.35 bits per heavy atom. The van der Waals surface area contributed by atoms with Crippen LogP contribution in [0.5, 0.6) is 0 Å². The first-order valence-corrected chi connectivity index (χ1v) is 10.1. The van der Waals surface area contributed by atoms with Crippen molar-refractivity contribution in [3.63, 3.8) is 0 Å². The second kappa shape index (κ2) is 8.99. The van der Waals surface area contributed by atoms with Crippen LogP contribution in [0, 0.1) is 12.7 Å². The summed E-state index contributed by atoms with van der Waals surface area (Å²) in [5.41, 5.74) is 2.72. The van der Waals surface area contributed by atoms with E-state index >= 15 is 0 Å². The van der Waals surface area contributed by atoms with E-state index in [-0.39, 0.29) is 18.3 Å². The average molecular weight is 422 g/mol. The van der Waals surface area contributed by atoms with E-state index in [0.717, 1.165) is 11.4 Å². The fraction of sp³-hybridized carbons (Fsp3) is 0.261. The largest absolute Gasteiger partial charge is 0.452 e. The van der Waals surface area contributed by atoms with Crippen molar-refractivity contribution in [3.8, 4) is 5.69 Å². The van der Waals surface area contributed by atoms with Gasteiger partial charge in [-0.3, -0.25) is 4.79 Å². The predicted octanol–water partition coefficient (Wildman–Crippen LogP) is 2.83. The summed E-state index contributed by atoms with van der Waals surface area (Å²) >= 11 is 0. The summed E-state index contributed by atoms with van der Waals surface area (Å²) in [6, 6.07) is 15.3. The summed E-state index contributed by atoms with van der Waals surface area (Å²) in [6.45, 7) is 3.56. The van der Waals surface area contributed by atoms with E-state index in [2.05, 4.69) is 5.10 Å². The van der Waals surface area contributed by atoms with Crippen molar-refractivity contribution in [1.82, 2.24) is 14.7 Å². The van der Waals surface area contributed by atoms with Crippen LogP contribution in [0.3, 0.4) is 0 Å². The van der Waals surface area contributed by atoms with Crippen LogP contribution in [0.2, 0.25) is 0 Å². The molecule has 2 heterocycles. The topological polar surface area (TPSA) is 67.7 Å². The average Bonchev–Trinajstić information content (AvgIpc) is 3.23. The first kappa shape index (κ1) is 20.6. The lowest BCUT2D eigenvalue weighted by atomic mass is 10.2. The minimum absolute atomic E-state index is 0.259. The quantitative estimate of drug-likeness (QED) is 0.592. The standard InChI is InChI=1S/C23H23FN4O3/c1-17-10-11-25-28(17)19-8-6-18(7-9-19)23(30)31-16-22(29)27-14-12-26(13-15-27)21-5-3-2-4-20(21)24/h2-11H,12-16H2,1H3. The first-order chi connectivity index (χ1) is 15.0. The van der Waals surface area contributed by atoms with E-state index in [1.54, 1.807) is 58.2 Å². The van der Waals surface area contributed by atoms with Crippen LogP contribution < -0.4 is 4.90 Å². The molecule has 0 bridgehead atoms. The number of nitrogens with zero attached hydrogens (tertiary/aromatic N) is 4. The van der Waals surface area contributed by atoms with Crippen molar-refractivity contribution in [2.24, 2.45) is 0 Å². The number of benzene rings is 2. The van der Waals surface area contributed by atoms with Crippen LogP contribution in [0.1, 0.15) is 16.1 Å². The molecule has 0 unspecified atom stereocenters. The van der Waals surface area contributed by atoms with Crippen molar-refractivity contribution in [2.45, 2.75) is 6.92 Å². The van der Waals surface area contributed by atoms with Crippen LogP contribution in [0.15, 0.2) is 60.8 Å². The van der Waals surface area contributed by atoms with Gasteiger partial charge in [-0.1, -0.05) is 12.1 Å². The highest BCUT2D eigenvalue weighted by molar-refractivity contribution is 5.91. The molecule has 1 amide bonds. The van der Waals surface area contributed by atoms with Gasteiger partial charge in [-0.05, 0) is 49.4 Å². The van der Waals surface area contributed by atoms with E-state index in [1.165, 1.54) is 6.07 Å². The lowest BCUT2D eigenvalue weighted by Crippen LogP contribution is -2.50. The number of esters is 1. The molecule has 1 aliphatic heterocycles. The molecule has 7 nitrogen and oxygen atoms in total. The molecule has 8 heteroatoms. The number of carbonyl (C=O) groups is 2. The van der Waals surface area contributed by atoms with Crippen molar-refractivity contribution < 1.29 is 18.7 Å². The van der Waals surface area contributed by atoms with Crippen LogP contribution in [0.4, 0.5) is 10.1 Å². The predicted molar refractivity (Wildman–Crippen MR) is 114 cm³/mol. The van der Waals surface area contributed by atoms with Gasteiger partial charge in [0.15, 0.2) is 6.61 Å². The number of aryl methyl sites for hydroxylation is 1. The van der Waals surface area contributed by atoms with Gasteiger partial charge in [0.05, 0.1) is 16.9 Å². The molecule has 1 aromatic heterocycles. The van der Waals surface area contributed by atoms with Crippen LogP contribution in [-0.4, -0.2) is 59.3 Å². The summed E-state index contributed by atoms with van der Waals surface area (Å²) in [5.74, 6) is -1.09. The van der Waals surface area contributed by atoms with Gasteiger partial charge in [0.2, 0.25) is 0 Å². The third kappa shape index (κ3) is 4.58. The Labute approximate surface area is 179 Å². The number of para-hydroxylation sites is 1. The molecule has 2 aromatic carbocycles. The lowest BCUT2D eigenvalue weighted by Gasteiger charge is -2.36. The number of halogens is 1. The van der Waals surface area contributed by atoms with Gasteiger partial charge in [-0.2, -0.15) is 5.10 Å². The summed E-state index contributed by atoms with van der Waals surface area (Å²) in [5, 5.41) is 4.23. The number of anilines is 1. The van der Waals surface area contributed by atoms with E-state index in [4.69, 9.17) is 4.74 Å². The number of amides is 1. The minimum atomic E-state index is -0.554. The van der Waals surface area contributed by atoms with Crippen molar-refractivity contribution in [2.75, 3.05) is 37.7 Å². The van der Waals surface area contributed by atoms with Gasteiger partial charge in [-0.25, -0.2) is 13.9 Å². The maximum absolute atomic E-state index is 13.9. The summed E-state index contributed by atoms with van der Waals surface area (Å²) in [6.07, 6.45) is 1.71. The molecule has 0 aliphatic carbocycles. The zero-order valence-electron chi connectivity index (χ0n) is 17.2. The van der Waals surface area contributed by atoms with E-state index < -0.39 is 5.97 Å². The molecule has 1 aliphatic rings. The highest BCUT2D eigenvalue weighted by atomic mass is 19.1. The van der Waals surface area contributed by atoms with Crippen LogP contribution in [-0.2, 0) is 9.53 Å². The maximum Gasteiger partial charge on any atom is 0.338 e. The van der Waals surface area contributed by atoms with Crippen LogP contribution in [0.25, 0.3) is 5.69 Å². The number of carbonyl (C=O) groups excluding carboxylic acids is 2. The molecule has 0 spiro atoms. The molecular formula is C23H23FN4O3. The van der Waals surface area contributed by atoms with Gasteiger partial charge < -0.3 is 14.5 Å². The van der Waals surface area contributed by atoms with Gasteiger partial charge in [0.1, 0.15) is 5.82 Å². The molecule has 0 radical (unpaired) electrons. The smallest absolute Gasteiger partial charge is 0.338 e. The Balaban J connectivity index is 1.27. The molecule has 3 aromatic rings. The highest BCUT2D eigenvalue weighted by Crippen LogP contribution is 2.20. The van der Waals surface area contributed by atoms with Crippen molar-refractivity contribution >= 4 is 17.6 Å². The van der Waals surface area contributed by atoms with E-state index in [9.17, 15) is 14.0 Å². The third-order valence-electron chi connectivity index (χ3n) is 5.33. The normalized spacial score (nSPS) is 13.9. The summed E-state index contributed by atoms with van der Waals surface area (Å²) in [4.78, 5) is 28.3. The number of hydrogen-bond acceptors (Lipinski definition) is 5. The summed E-state index contributed by atoms with van der Waals surface area (Å²) in [7, 11) is 0. The Morgan fingerprint density at radius 1 is 1.00 bits per heavy atom. The molecule has 160 valence electrons. The minimum Gasteiger partial charge on any atom is -0.452 e. The molecule has 0 saturated carbocycles. The van der Waals surface area contributed by atoms with E-state index in [1.807, 2.05) is 17.9 Å². The molecule has 4 rings (SSSR count). The fourth-order valence-electron chi connectivity index (χ4n) is 3.59. The molecule has 1 saturated heterocycles. The number of piperazine rings is 1. The van der Waals surface area contributed by atoms with Gasteiger partial charge in [-0.15, -0.1) is 0 Å². The number of aromatic nitrogens is 2. The fourth-order valence-corrected chi connectivity index (χ4v) is 3.59. The lowest BCUT2D eigenvalue weighted by molar-refractivity contribution is -0.134. The third-order valence-corrected chi connectivity index (χ3v) is 5.33. The van der Waals surface area contributed by atoms with Gasteiger partial charge >= 0.3 is 5.97 Å². The molecule has 1 fully saturated rings. The molecule has 31 heavy (non-hydrogen) atoms. The second-order valence-electron chi connectivity index (χ2n) is 7.33. The second-order valence-corrected chi connectivity index (χ2v) is 7.33. The maximum atomic E-state index is 13.9. The Kier molecular flexibility index (Phi) is 5.97. The zero-order valence-corrected chi connectivity index (χ0v) is 17.2. The highest BCUT2D eigenvalue weighted by Gasteiger charge is 2.23. The number of ether oxygens (including phenoxy) is 1. The molecule has 0 N–H and O–H groups in total. The monoisotopic (exact) mass is 422 g/mol. The Bertz CT molecular complexity index is 1070. The Morgan fingerprint density at radius 2 is 1.71 bits per heavy atom. The van der Waals surface area contributed by atoms with Gasteiger partial charge in [0.25, 0.3) is 5.91 Å². The Hall–Kier alpha value is -3.68. The molecule has 0 atom stereocenters. The van der Waals surface area contributed by atoms with Gasteiger partial charge in [0, 0.05) is 38.1 Å². The first-order valence-electron chi connectivity index (χ1n) is 10.1. The molecular weight excluding hydrogens is 399 g/mol. The number of rotatable bonds is 5.